The monoisotopic (exact) mass is 437 g/mol. The number of carbonyl (C=O) groups excluding carboxylic acids is 1. The molecule has 0 saturated heterocycles. The molecule has 7 heteroatoms. The Hall–Kier alpha value is -3.03. The van der Waals surface area contributed by atoms with Crippen molar-refractivity contribution in [1.29, 1.82) is 0 Å². The van der Waals surface area contributed by atoms with Crippen LogP contribution in [0.15, 0.2) is 105 Å². The number of para-hydroxylation sites is 1. The Kier molecular flexibility index (Phi) is 5.40. The first kappa shape index (κ1) is 20.3. The minimum Gasteiger partial charge on any atom is -0.502 e. The number of benzene rings is 3. The topological polar surface area (TPSA) is 74.7 Å². The van der Waals surface area contributed by atoms with Crippen LogP contribution >= 0.6 is 11.8 Å². The Bertz CT molecular complexity index is 1210. The highest BCUT2D eigenvalue weighted by Gasteiger charge is 2.47. The molecule has 0 spiro atoms. The smallest absolute Gasteiger partial charge is 0.295 e. The Morgan fingerprint density at radius 3 is 2.00 bits per heavy atom. The summed E-state index contributed by atoms with van der Waals surface area (Å²) in [6, 6.07) is 23.0. The molecule has 0 aliphatic carbocycles. The number of nitrogens with zero attached hydrogens (tertiary/aromatic N) is 1. The van der Waals surface area contributed by atoms with Crippen LogP contribution in [-0.4, -0.2) is 25.7 Å². The molecule has 3 aromatic carbocycles. The molecule has 0 fully saturated rings. The molecule has 1 heterocycles. The third kappa shape index (κ3) is 3.40. The van der Waals surface area contributed by atoms with Gasteiger partial charge in [-0.05, 0) is 48.2 Å². The number of rotatable bonds is 5. The molecule has 0 saturated carbocycles. The highest BCUT2D eigenvalue weighted by molar-refractivity contribution is 7.98. The molecule has 152 valence electrons. The van der Waals surface area contributed by atoms with Crippen LogP contribution in [0.4, 0.5) is 5.69 Å². The second-order valence-corrected chi connectivity index (χ2v) is 9.51. The lowest BCUT2D eigenvalue weighted by atomic mass is 10.1. The standard InChI is InChI=1S/C23H19NO4S2/c1-29-18-14-12-16(13-15-18)20-22(30(27,28)19-10-6-3-7-11-19)21(25)23(26)24(20)17-8-4-2-5-9-17/h2-15,20,25H,1H3/t20-/m1/s1. The summed E-state index contributed by atoms with van der Waals surface area (Å²) in [6.45, 7) is 0. The second-order valence-electron chi connectivity index (χ2n) is 6.72. The number of amides is 1. The number of aliphatic hydroxyl groups is 1. The van der Waals surface area contributed by atoms with Crippen molar-refractivity contribution >= 4 is 33.2 Å². The highest BCUT2D eigenvalue weighted by Crippen LogP contribution is 2.44. The van der Waals surface area contributed by atoms with Crippen LogP contribution in [0.5, 0.6) is 0 Å². The van der Waals surface area contributed by atoms with Crippen molar-refractivity contribution in [2.24, 2.45) is 0 Å². The fraction of sp³-hybridized carbons (Fsp3) is 0.0870. The average Bonchev–Trinajstić information content (AvgIpc) is 3.06. The van der Waals surface area contributed by atoms with Crippen molar-refractivity contribution in [2.45, 2.75) is 15.8 Å². The van der Waals surface area contributed by atoms with E-state index < -0.39 is 27.5 Å². The van der Waals surface area contributed by atoms with E-state index in [-0.39, 0.29) is 9.80 Å². The third-order valence-corrected chi connectivity index (χ3v) is 7.60. The zero-order valence-corrected chi connectivity index (χ0v) is 17.7. The highest BCUT2D eigenvalue weighted by atomic mass is 32.2. The zero-order chi connectivity index (χ0) is 21.3. The molecule has 3 aromatic rings. The van der Waals surface area contributed by atoms with Gasteiger partial charge in [0.05, 0.1) is 4.90 Å². The molecule has 0 aromatic heterocycles. The Balaban J connectivity index is 1.93. The molecule has 0 unspecified atom stereocenters. The van der Waals surface area contributed by atoms with Crippen LogP contribution in [0.25, 0.3) is 0 Å². The Labute approximate surface area is 179 Å². The third-order valence-electron chi connectivity index (χ3n) is 4.97. The molecule has 0 radical (unpaired) electrons. The van der Waals surface area contributed by atoms with Crippen LogP contribution in [-0.2, 0) is 14.6 Å². The van der Waals surface area contributed by atoms with E-state index in [1.54, 1.807) is 72.4 Å². The minimum atomic E-state index is -4.11. The van der Waals surface area contributed by atoms with Crippen LogP contribution in [0.1, 0.15) is 11.6 Å². The number of thioether (sulfide) groups is 1. The number of hydrogen-bond acceptors (Lipinski definition) is 5. The van der Waals surface area contributed by atoms with Crippen molar-refractivity contribution in [1.82, 2.24) is 0 Å². The quantitative estimate of drug-likeness (QED) is 0.584. The van der Waals surface area contributed by atoms with Gasteiger partial charge in [0.2, 0.25) is 9.84 Å². The van der Waals surface area contributed by atoms with Crippen molar-refractivity contribution < 1.29 is 18.3 Å². The first-order valence-corrected chi connectivity index (χ1v) is 11.9. The predicted molar refractivity (Wildman–Crippen MR) is 118 cm³/mol. The maximum absolute atomic E-state index is 13.5. The SMILES string of the molecule is CSc1ccc([C@@H]2C(S(=O)(=O)c3ccccc3)=C(O)C(=O)N2c2ccccc2)cc1. The fourth-order valence-electron chi connectivity index (χ4n) is 3.53. The molecule has 1 N–H and O–H groups in total. The summed E-state index contributed by atoms with van der Waals surface area (Å²) in [5.74, 6) is -1.49. The number of carbonyl (C=O) groups is 1. The largest absolute Gasteiger partial charge is 0.502 e. The van der Waals surface area contributed by atoms with Gasteiger partial charge >= 0.3 is 0 Å². The number of aliphatic hydroxyl groups excluding tert-OH is 1. The normalized spacial score (nSPS) is 16.9. The summed E-state index contributed by atoms with van der Waals surface area (Å²) < 4.78 is 26.9. The van der Waals surface area contributed by atoms with E-state index in [2.05, 4.69) is 0 Å². The molecule has 1 aliphatic heterocycles. The van der Waals surface area contributed by atoms with Gasteiger partial charge in [0.1, 0.15) is 10.9 Å². The van der Waals surface area contributed by atoms with E-state index in [4.69, 9.17) is 0 Å². The summed E-state index contributed by atoms with van der Waals surface area (Å²) in [5, 5.41) is 10.7. The molecule has 1 aliphatic rings. The second kappa shape index (κ2) is 8.01. The van der Waals surface area contributed by atoms with Crippen molar-refractivity contribution in [3.63, 3.8) is 0 Å². The molecule has 0 bridgehead atoms. The van der Waals surface area contributed by atoms with Gasteiger partial charge in [-0.25, -0.2) is 8.42 Å². The number of anilines is 1. The van der Waals surface area contributed by atoms with Crippen LogP contribution in [0.2, 0.25) is 0 Å². The lowest BCUT2D eigenvalue weighted by Crippen LogP contribution is -2.31. The van der Waals surface area contributed by atoms with Crippen molar-refractivity contribution in [3.8, 4) is 0 Å². The predicted octanol–water partition coefficient (Wildman–Crippen LogP) is 4.74. The lowest BCUT2D eigenvalue weighted by molar-refractivity contribution is -0.117. The summed E-state index contributed by atoms with van der Waals surface area (Å²) in [6.07, 6.45) is 1.95. The van der Waals surface area contributed by atoms with Gasteiger partial charge in [-0.1, -0.05) is 48.5 Å². The average molecular weight is 438 g/mol. The molecule has 4 rings (SSSR count). The molecule has 5 nitrogen and oxygen atoms in total. The van der Waals surface area contributed by atoms with E-state index in [1.807, 2.05) is 18.4 Å². The number of hydrogen-bond donors (Lipinski definition) is 1. The summed E-state index contributed by atoms with van der Waals surface area (Å²) >= 11 is 1.56. The van der Waals surface area contributed by atoms with Gasteiger partial charge in [-0.15, -0.1) is 11.8 Å². The summed E-state index contributed by atoms with van der Waals surface area (Å²) in [7, 11) is -4.11. The van der Waals surface area contributed by atoms with Gasteiger partial charge in [0.15, 0.2) is 5.76 Å². The first-order valence-electron chi connectivity index (χ1n) is 9.21. The minimum absolute atomic E-state index is 0.0278. The van der Waals surface area contributed by atoms with E-state index >= 15 is 0 Å². The number of sulfone groups is 1. The van der Waals surface area contributed by atoms with Gasteiger partial charge in [0.25, 0.3) is 5.91 Å². The molecule has 1 amide bonds. The van der Waals surface area contributed by atoms with Gasteiger partial charge in [0, 0.05) is 10.6 Å². The van der Waals surface area contributed by atoms with Crippen molar-refractivity contribution in [3.05, 3.63) is 101 Å². The molecule has 1 atom stereocenters. The Morgan fingerprint density at radius 2 is 1.43 bits per heavy atom. The van der Waals surface area contributed by atoms with Crippen molar-refractivity contribution in [2.75, 3.05) is 11.2 Å². The van der Waals surface area contributed by atoms with Crippen LogP contribution in [0, 0.1) is 0 Å². The van der Waals surface area contributed by atoms with Crippen LogP contribution < -0.4 is 4.90 Å². The lowest BCUT2D eigenvalue weighted by Gasteiger charge is -2.27. The van der Waals surface area contributed by atoms with E-state index in [0.717, 1.165) is 4.90 Å². The molecular weight excluding hydrogens is 418 g/mol. The summed E-state index contributed by atoms with van der Waals surface area (Å²) in [5.41, 5.74) is 1.11. The zero-order valence-electron chi connectivity index (χ0n) is 16.1. The van der Waals surface area contributed by atoms with E-state index in [1.165, 1.54) is 17.0 Å². The maximum Gasteiger partial charge on any atom is 0.295 e. The van der Waals surface area contributed by atoms with E-state index in [9.17, 15) is 18.3 Å². The maximum atomic E-state index is 13.5. The summed E-state index contributed by atoms with van der Waals surface area (Å²) in [4.78, 5) is 15.1. The van der Waals surface area contributed by atoms with Gasteiger partial charge < -0.3 is 5.11 Å². The molecular formula is C23H19NO4S2. The molecule has 30 heavy (non-hydrogen) atoms. The van der Waals surface area contributed by atoms with Gasteiger partial charge in [-0.2, -0.15) is 0 Å². The first-order chi connectivity index (χ1) is 14.4. The van der Waals surface area contributed by atoms with E-state index in [0.29, 0.717) is 11.3 Å². The van der Waals surface area contributed by atoms with Gasteiger partial charge in [-0.3, -0.25) is 9.69 Å². The fourth-order valence-corrected chi connectivity index (χ4v) is 5.58. The Morgan fingerprint density at radius 1 is 0.867 bits per heavy atom. The van der Waals surface area contributed by atoms with Crippen LogP contribution in [0.3, 0.4) is 0 Å².